The van der Waals surface area contributed by atoms with Gasteiger partial charge >= 0.3 is 0 Å². The molecule has 0 aliphatic carbocycles. The van der Waals surface area contributed by atoms with Gasteiger partial charge in [-0.25, -0.2) is 0 Å². The lowest BCUT2D eigenvalue weighted by atomic mass is 10.5. The molecule has 1 aromatic heterocycles. The molecule has 1 saturated heterocycles. The van der Waals surface area contributed by atoms with Gasteiger partial charge in [0, 0.05) is 13.1 Å². The average Bonchev–Trinajstić information content (AvgIpc) is 2.59. The number of nitrogens with zero attached hydrogens (tertiary/aromatic N) is 1. The summed E-state index contributed by atoms with van der Waals surface area (Å²) in [6.45, 7) is 3.29. The van der Waals surface area contributed by atoms with E-state index in [0.29, 0.717) is 0 Å². The highest BCUT2D eigenvalue weighted by molar-refractivity contribution is 7.14. The summed E-state index contributed by atoms with van der Waals surface area (Å²) >= 11 is 1.81. The minimum Gasteiger partial charge on any atom is -0.349 e. The maximum absolute atomic E-state index is 3.29. The SMILES string of the molecule is c1csc(N2CCNC2)c1. The second-order valence-electron chi connectivity index (χ2n) is 2.37. The predicted octanol–water partition coefficient (Wildman–Crippen LogP) is 1.12. The molecule has 0 bridgehead atoms. The normalized spacial score (nSPS) is 18.2. The number of hydrogen-bond donors (Lipinski definition) is 1. The van der Waals surface area contributed by atoms with Crippen molar-refractivity contribution >= 4 is 16.3 Å². The molecule has 0 aromatic carbocycles. The van der Waals surface area contributed by atoms with Gasteiger partial charge in [0.05, 0.1) is 11.7 Å². The molecular formula is C7H10N2S. The minimum absolute atomic E-state index is 1.01. The Morgan fingerprint density at radius 3 is 3.20 bits per heavy atom. The van der Waals surface area contributed by atoms with Crippen LogP contribution in [0.25, 0.3) is 0 Å². The fourth-order valence-electron chi connectivity index (χ4n) is 1.15. The average molecular weight is 154 g/mol. The number of rotatable bonds is 1. The van der Waals surface area contributed by atoms with E-state index >= 15 is 0 Å². The van der Waals surface area contributed by atoms with Crippen LogP contribution in [0.2, 0.25) is 0 Å². The minimum atomic E-state index is 1.01. The number of nitrogens with one attached hydrogen (secondary N) is 1. The van der Waals surface area contributed by atoms with E-state index in [9.17, 15) is 0 Å². The van der Waals surface area contributed by atoms with Crippen molar-refractivity contribution in [3.05, 3.63) is 17.5 Å². The van der Waals surface area contributed by atoms with Gasteiger partial charge in [-0.2, -0.15) is 0 Å². The number of anilines is 1. The van der Waals surface area contributed by atoms with Crippen molar-refractivity contribution in [2.75, 3.05) is 24.7 Å². The van der Waals surface area contributed by atoms with Gasteiger partial charge in [-0.3, -0.25) is 5.32 Å². The summed E-state index contributed by atoms with van der Waals surface area (Å²) in [7, 11) is 0. The largest absolute Gasteiger partial charge is 0.349 e. The Morgan fingerprint density at radius 2 is 2.60 bits per heavy atom. The Balaban J connectivity index is 2.12. The number of thiophene rings is 1. The lowest BCUT2D eigenvalue weighted by Gasteiger charge is -2.12. The predicted molar refractivity (Wildman–Crippen MR) is 44.5 cm³/mol. The fraction of sp³-hybridized carbons (Fsp3) is 0.429. The second-order valence-corrected chi connectivity index (χ2v) is 3.30. The van der Waals surface area contributed by atoms with E-state index in [1.54, 1.807) is 11.3 Å². The highest BCUT2D eigenvalue weighted by Gasteiger charge is 2.10. The third-order valence-corrected chi connectivity index (χ3v) is 2.61. The monoisotopic (exact) mass is 154 g/mol. The van der Waals surface area contributed by atoms with E-state index < -0.39 is 0 Å². The second kappa shape index (κ2) is 2.60. The smallest absolute Gasteiger partial charge is 0.0919 e. The van der Waals surface area contributed by atoms with Crippen LogP contribution in [0.3, 0.4) is 0 Å². The summed E-state index contributed by atoms with van der Waals surface area (Å²) in [4.78, 5) is 2.35. The van der Waals surface area contributed by atoms with Crippen LogP contribution < -0.4 is 10.2 Å². The topological polar surface area (TPSA) is 15.3 Å². The molecule has 0 atom stereocenters. The maximum Gasteiger partial charge on any atom is 0.0919 e. The van der Waals surface area contributed by atoms with Crippen LogP contribution in [0.1, 0.15) is 0 Å². The molecule has 3 heteroatoms. The van der Waals surface area contributed by atoms with Crippen molar-refractivity contribution in [1.29, 1.82) is 0 Å². The van der Waals surface area contributed by atoms with E-state index in [1.807, 2.05) is 0 Å². The van der Waals surface area contributed by atoms with Crippen molar-refractivity contribution in [2.24, 2.45) is 0 Å². The first kappa shape index (κ1) is 6.19. The lowest BCUT2D eigenvalue weighted by molar-refractivity contribution is 0.857. The zero-order chi connectivity index (χ0) is 6.81. The maximum atomic E-state index is 3.29. The van der Waals surface area contributed by atoms with Gasteiger partial charge in [0.1, 0.15) is 0 Å². The molecule has 0 saturated carbocycles. The summed E-state index contributed by atoms with van der Waals surface area (Å²) in [5.41, 5.74) is 0. The van der Waals surface area contributed by atoms with Crippen molar-refractivity contribution in [2.45, 2.75) is 0 Å². The first-order valence-corrected chi connectivity index (χ1v) is 4.34. The molecule has 54 valence electrons. The molecule has 1 aromatic rings. The molecule has 0 radical (unpaired) electrons. The molecule has 1 N–H and O–H groups in total. The third-order valence-electron chi connectivity index (χ3n) is 1.68. The van der Waals surface area contributed by atoms with E-state index in [0.717, 1.165) is 19.8 Å². The fourth-order valence-corrected chi connectivity index (χ4v) is 1.90. The van der Waals surface area contributed by atoms with Crippen molar-refractivity contribution in [3.63, 3.8) is 0 Å². The van der Waals surface area contributed by atoms with Crippen LogP contribution in [0.15, 0.2) is 17.5 Å². The van der Waals surface area contributed by atoms with E-state index in [2.05, 4.69) is 27.7 Å². The zero-order valence-electron chi connectivity index (χ0n) is 5.71. The first-order valence-electron chi connectivity index (χ1n) is 3.46. The summed E-state index contributed by atoms with van der Waals surface area (Å²) in [6, 6.07) is 4.26. The molecule has 0 unspecified atom stereocenters. The molecular weight excluding hydrogens is 144 g/mol. The molecule has 0 spiro atoms. The molecule has 1 fully saturated rings. The van der Waals surface area contributed by atoms with Crippen LogP contribution in [0, 0.1) is 0 Å². The van der Waals surface area contributed by atoms with Gasteiger partial charge in [-0.05, 0) is 17.5 Å². The highest BCUT2D eigenvalue weighted by atomic mass is 32.1. The first-order chi connectivity index (χ1) is 4.97. The summed E-state index contributed by atoms with van der Waals surface area (Å²) in [5.74, 6) is 0. The Kier molecular flexibility index (Phi) is 1.61. The van der Waals surface area contributed by atoms with Crippen LogP contribution in [-0.4, -0.2) is 19.8 Å². The van der Waals surface area contributed by atoms with Crippen LogP contribution >= 0.6 is 11.3 Å². The quantitative estimate of drug-likeness (QED) is 0.652. The highest BCUT2D eigenvalue weighted by Crippen LogP contribution is 2.20. The molecule has 2 rings (SSSR count). The zero-order valence-corrected chi connectivity index (χ0v) is 6.53. The summed E-state index contributed by atoms with van der Waals surface area (Å²) in [6.07, 6.45) is 0. The molecule has 2 heterocycles. The molecule has 1 aliphatic rings. The summed E-state index contributed by atoms with van der Waals surface area (Å²) in [5, 5.41) is 6.79. The third kappa shape index (κ3) is 1.02. The van der Waals surface area contributed by atoms with Crippen LogP contribution in [-0.2, 0) is 0 Å². The Bertz CT molecular complexity index is 189. The Morgan fingerprint density at radius 1 is 1.60 bits per heavy atom. The van der Waals surface area contributed by atoms with Crippen LogP contribution in [0.4, 0.5) is 5.00 Å². The van der Waals surface area contributed by atoms with E-state index in [1.165, 1.54) is 5.00 Å². The molecule has 10 heavy (non-hydrogen) atoms. The van der Waals surface area contributed by atoms with Gasteiger partial charge in [0.2, 0.25) is 0 Å². The van der Waals surface area contributed by atoms with Gasteiger partial charge in [0.15, 0.2) is 0 Å². The van der Waals surface area contributed by atoms with Crippen molar-refractivity contribution in [3.8, 4) is 0 Å². The van der Waals surface area contributed by atoms with Gasteiger partial charge in [-0.15, -0.1) is 11.3 Å². The molecule has 0 amide bonds. The lowest BCUT2D eigenvalue weighted by Crippen LogP contribution is -2.19. The van der Waals surface area contributed by atoms with Gasteiger partial charge in [0.25, 0.3) is 0 Å². The number of hydrogen-bond acceptors (Lipinski definition) is 3. The summed E-state index contributed by atoms with van der Waals surface area (Å²) < 4.78 is 0. The van der Waals surface area contributed by atoms with Gasteiger partial charge in [-0.1, -0.05) is 0 Å². The molecule has 1 aliphatic heterocycles. The van der Waals surface area contributed by atoms with Crippen molar-refractivity contribution < 1.29 is 0 Å². The Labute approximate surface area is 64.5 Å². The molecule has 2 nitrogen and oxygen atoms in total. The standard InChI is InChI=1S/C7H10N2S/c1-2-7(10-5-1)9-4-3-8-6-9/h1-2,5,8H,3-4,6H2. The van der Waals surface area contributed by atoms with E-state index in [-0.39, 0.29) is 0 Å². The van der Waals surface area contributed by atoms with Gasteiger partial charge < -0.3 is 4.90 Å². The van der Waals surface area contributed by atoms with E-state index in [4.69, 9.17) is 0 Å². The van der Waals surface area contributed by atoms with Crippen molar-refractivity contribution in [1.82, 2.24) is 5.32 Å². The van der Waals surface area contributed by atoms with Crippen LogP contribution in [0.5, 0.6) is 0 Å². The Hall–Kier alpha value is -0.540.